The third kappa shape index (κ3) is 3.21. The number of carbonyl (C=O) groups is 1. The quantitative estimate of drug-likeness (QED) is 0.771. The molecule has 3 nitrogen and oxygen atoms in total. The van der Waals surface area contributed by atoms with Gasteiger partial charge < -0.3 is 10.4 Å². The zero-order valence-corrected chi connectivity index (χ0v) is 9.95. The first-order chi connectivity index (χ1) is 7.75. The van der Waals surface area contributed by atoms with Crippen molar-refractivity contribution in [3.8, 4) is 0 Å². The molecule has 3 heteroatoms. The number of rotatable bonds is 3. The van der Waals surface area contributed by atoms with E-state index in [1.54, 1.807) is 0 Å². The van der Waals surface area contributed by atoms with Crippen LogP contribution in [-0.2, 0) is 4.79 Å². The first kappa shape index (κ1) is 11.9. The fraction of sp³-hybridized carbons (Fsp3) is 0.923. The van der Waals surface area contributed by atoms with Gasteiger partial charge in [-0.25, -0.2) is 0 Å². The molecule has 0 heterocycles. The van der Waals surface area contributed by atoms with Gasteiger partial charge in [-0.3, -0.25) is 4.79 Å². The molecule has 0 aromatic heterocycles. The van der Waals surface area contributed by atoms with Crippen molar-refractivity contribution in [2.75, 3.05) is 0 Å². The van der Waals surface area contributed by atoms with Gasteiger partial charge in [-0.15, -0.1) is 0 Å². The molecule has 0 aromatic rings. The predicted octanol–water partition coefficient (Wildman–Crippen LogP) is 1.99. The van der Waals surface area contributed by atoms with Gasteiger partial charge in [0.1, 0.15) is 0 Å². The van der Waals surface area contributed by atoms with Gasteiger partial charge in [0.25, 0.3) is 0 Å². The number of hydrogen-bond donors (Lipinski definition) is 2. The van der Waals surface area contributed by atoms with Gasteiger partial charge in [-0.1, -0.05) is 25.7 Å². The summed E-state index contributed by atoms with van der Waals surface area (Å²) in [5.74, 6) is 0.749. The predicted molar refractivity (Wildman–Crippen MR) is 63.0 cm³/mol. The molecule has 0 spiro atoms. The molecular weight excluding hydrogens is 202 g/mol. The van der Waals surface area contributed by atoms with Gasteiger partial charge >= 0.3 is 0 Å². The maximum absolute atomic E-state index is 11.8. The van der Waals surface area contributed by atoms with Crippen LogP contribution in [-0.4, -0.2) is 23.2 Å². The van der Waals surface area contributed by atoms with Gasteiger partial charge in [0.15, 0.2) is 0 Å². The fourth-order valence-corrected chi connectivity index (χ4v) is 3.02. The number of carbonyl (C=O) groups excluding carboxylic acids is 1. The van der Waals surface area contributed by atoms with Gasteiger partial charge in [-0.2, -0.15) is 0 Å². The molecule has 2 N–H and O–H groups in total. The van der Waals surface area contributed by atoms with E-state index >= 15 is 0 Å². The van der Waals surface area contributed by atoms with E-state index in [1.807, 2.05) is 0 Å². The van der Waals surface area contributed by atoms with Gasteiger partial charge in [0.05, 0.1) is 12.1 Å². The standard InChI is InChI=1S/C13H23NO2/c15-12-8-4-3-7-11(12)14-13(16)9-10-5-1-2-6-10/h10-12,15H,1-9H2,(H,14,16). The van der Waals surface area contributed by atoms with E-state index in [-0.39, 0.29) is 18.1 Å². The Labute approximate surface area is 97.6 Å². The van der Waals surface area contributed by atoms with Crippen molar-refractivity contribution >= 4 is 5.91 Å². The first-order valence-corrected chi connectivity index (χ1v) is 6.73. The second-order valence-corrected chi connectivity index (χ2v) is 5.38. The van der Waals surface area contributed by atoms with Crippen molar-refractivity contribution in [1.29, 1.82) is 0 Å². The van der Waals surface area contributed by atoms with Crippen molar-refractivity contribution < 1.29 is 9.90 Å². The minimum absolute atomic E-state index is 0.0163. The molecule has 2 unspecified atom stereocenters. The molecule has 2 aliphatic rings. The Morgan fingerprint density at radius 3 is 2.38 bits per heavy atom. The lowest BCUT2D eigenvalue weighted by Crippen LogP contribution is -2.45. The molecule has 2 rings (SSSR count). The number of nitrogens with one attached hydrogen (secondary N) is 1. The zero-order valence-electron chi connectivity index (χ0n) is 9.95. The van der Waals surface area contributed by atoms with Gasteiger partial charge in [-0.05, 0) is 31.6 Å². The summed E-state index contributed by atoms with van der Waals surface area (Å²) in [6, 6.07) is 0.0163. The van der Waals surface area contributed by atoms with Crippen LogP contribution in [0, 0.1) is 5.92 Å². The molecule has 0 aromatic carbocycles. The fourth-order valence-electron chi connectivity index (χ4n) is 3.02. The van der Waals surface area contributed by atoms with E-state index in [9.17, 15) is 9.90 Å². The lowest BCUT2D eigenvalue weighted by atomic mass is 9.92. The lowest BCUT2D eigenvalue weighted by molar-refractivity contribution is -0.123. The Morgan fingerprint density at radius 2 is 1.69 bits per heavy atom. The highest BCUT2D eigenvalue weighted by Crippen LogP contribution is 2.27. The van der Waals surface area contributed by atoms with Crippen LogP contribution in [0.5, 0.6) is 0 Å². The molecule has 1 amide bonds. The van der Waals surface area contributed by atoms with E-state index < -0.39 is 0 Å². The van der Waals surface area contributed by atoms with E-state index in [4.69, 9.17) is 0 Å². The average Bonchev–Trinajstić information content (AvgIpc) is 2.74. The molecule has 2 saturated carbocycles. The molecule has 0 radical (unpaired) electrons. The molecule has 0 bridgehead atoms. The molecule has 0 saturated heterocycles. The normalized spacial score (nSPS) is 31.6. The molecule has 16 heavy (non-hydrogen) atoms. The summed E-state index contributed by atoms with van der Waals surface area (Å²) in [7, 11) is 0. The second-order valence-electron chi connectivity index (χ2n) is 5.38. The Morgan fingerprint density at radius 1 is 1.06 bits per heavy atom. The molecular formula is C13H23NO2. The zero-order chi connectivity index (χ0) is 11.4. The SMILES string of the molecule is O=C(CC1CCCC1)NC1CCCCC1O. The third-order valence-corrected chi connectivity index (χ3v) is 4.02. The van der Waals surface area contributed by atoms with Crippen LogP contribution in [0.1, 0.15) is 57.8 Å². The number of amides is 1. The van der Waals surface area contributed by atoms with Crippen molar-refractivity contribution in [1.82, 2.24) is 5.32 Å². The van der Waals surface area contributed by atoms with Crippen LogP contribution in [0.4, 0.5) is 0 Å². The van der Waals surface area contributed by atoms with Crippen molar-refractivity contribution in [3.63, 3.8) is 0 Å². The van der Waals surface area contributed by atoms with Gasteiger partial charge in [0.2, 0.25) is 5.91 Å². The first-order valence-electron chi connectivity index (χ1n) is 6.73. The van der Waals surface area contributed by atoms with E-state index in [1.165, 1.54) is 25.7 Å². The smallest absolute Gasteiger partial charge is 0.220 e. The maximum Gasteiger partial charge on any atom is 0.220 e. The Kier molecular flexibility index (Phi) is 4.22. The van der Waals surface area contributed by atoms with Gasteiger partial charge in [0, 0.05) is 6.42 Å². The summed E-state index contributed by atoms with van der Waals surface area (Å²) in [6.45, 7) is 0. The van der Waals surface area contributed by atoms with Crippen molar-refractivity contribution in [3.05, 3.63) is 0 Å². The molecule has 2 atom stereocenters. The van der Waals surface area contributed by atoms with Crippen LogP contribution in [0.2, 0.25) is 0 Å². The Hall–Kier alpha value is -0.570. The van der Waals surface area contributed by atoms with E-state index in [0.29, 0.717) is 12.3 Å². The second kappa shape index (κ2) is 5.67. The maximum atomic E-state index is 11.8. The molecule has 0 aliphatic heterocycles. The van der Waals surface area contributed by atoms with Crippen LogP contribution in [0.15, 0.2) is 0 Å². The highest BCUT2D eigenvalue weighted by molar-refractivity contribution is 5.76. The largest absolute Gasteiger partial charge is 0.391 e. The summed E-state index contributed by atoms with van der Waals surface area (Å²) >= 11 is 0. The number of aliphatic hydroxyl groups excluding tert-OH is 1. The van der Waals surface area contributed by atoms with E-state index in [0.717, 1.165) is 25.7 Å². The summed E-state index contributed by atoms with van der Waals surface area (Å²) in [5.41, 5.74) is 0. The minimum Gasteiger partial charge on any atom is -0.391 e. The lowest BCUT2D eigenvalue weighted by Gasteiger charge is -2.28. The van der Waals surface area contributed by atoms with Crippen LogP contribution in [0.25, 0.3) is 0 Å². The average molecular weight is 225 g/mol. The van der Waals surface area contributed by atoms with Crippen molar-refractivity contribution in [2.24, 2.45) is 5.92 Å². The summed E-state index contributed by atoms with van der Waals surface area (Å²) in [5, 5.41) is 12.8. The summed E-state index contributed by atoms with van der Waals surface area (Å²) in [4.78, 5) is 11.8. The topological polar surface area (TPSA) is 49.3 Å². The van der Waals surface area contributed by atoms with Crippen LogP contribution in [0.3, 0.4) is 0 Å². The summed E-state index contributed by atoms with van der Waals surface area (Å²) in [6.07, 6.45) is 9.34. The minimum atomic E-state index is -0.318. The number of hydrogen-bond acceptors (Lipinski definition) is 2. The highest BCUT2D eigenvalue weighted by Gasteiger charge is 2.26. The molecule has 2 fully saturated rings. The Balaban J connectivity index is 1.72. The highest BCUT2D eigenvalue weighted by atomic mass is 16.3. The summed E-state index contributed by atoms with van der Waals surface area (Å²) < 4.78 is 0. The molecule has 92 valence electrons. The third-order valence-electron chi connectivity index (χ3n) is 4.02. The van der Waals surface area contributed by atoms with Crippen LogP contribution >= 0.6 is 0 Å². The van der Waals surface area contributed by atoms with Crippen molar-refractivity contribution in [2.45, 2.75) is 69.9 Å². The Bertz CT molecular complexity index is 236. The monoisotopic (exact) mass is 225 g/mol. The number of aliphatic hydroxyl groups is 1. The molecule has 2 aliphatic carbocycles. The van der Waals surface area contributed by atoms with E-state index in [2.05, 4.69) is 5.32 Å². The van der Waals surface area contributed by atoms with Crippen LogP contribution < -0.4 is 5.32 Å².